The van der Waals surface area contributed by atoms with Crippen molar-refractivity contribution in [3.8, 4) is 11.1 Å². The van der Waals surface area contributed by atoms with Gasteiger partial charge in [-0.25, -0.2) is 0 Å². The van der Waals surface area contributed by atoms with Crippen molar-refractivity contribution >= 4 is 29.4 Å². The number of ether oxygens (including phenoxy) is 1. The maximum absolute atomic E-state index is 12.2. The molecule has 0 aliphatic rings. The SMILES string of the molecule is NC(=O)c1ccc(NC(=O)COC(=O)CNC(=O)c2ccc(-c3ccccc3)cc2)cc1. The van der Waals surface area contributed by atoms with Gasteiger partial charge in [-0.2, -0.15) is 0 Å². The molecule has 3 amide bonds. The van der Waals surface area contributed by atoms with Gasteiger partial charge < -0.3 is 21.1 Å². The molecule has 0 radical (unpaired) electrons. The predicted molar refractivity (Wildman–Crippen MR) is 119 cm³/mol. The first-order valence-electron chi connectivity index (χ1n) is 9.71. The minimum atomic E-state index is -0.751. The second-order valence-corrected chi connectivity index (χ2v) is 6.78. The normalized spacial score (nSPS) is 10.1. The van der Waals surface area contributed by atoms with Crippen LogP contribution in [0, 0.1) is 0 Å². The van der Waals surface area contributed by atoms with Gasteiger partial charge in [0, 0.05) is 16.8 Å². The molecule has 0 saturated carbocycles. The molecule has 0 unspecified atom stereocenters. The predicted octanol–water partition coefficient (Wildman–Crippen LogP) is 2.36. The highest BCUT2D eigenvalue weighted by Crippen LogP contribution is 2.19. The third kappa shape index (κ3) is 6.27. The summed E-state index contributed by atoms with van der Waals surface area (Å²) in [6, 6.07) is 22.6. The Bertz CT molecular complexity index is 1110. The van der Waals surface area contributed by atoms with Gasteiger partial charge in [0.2, 0.25) is 5.91 Å². The summed E-state index contributed by atoms with van der Waals surface area (Å²) in [6.07, 6.45) is 0. The topological polar surface area (TPSA) is 128 Å². The molecule has 3 rings (SSSR count). The molecule has 0 atom stereocenters. The average molecular weight is 431 g/mol. The van der Waals surface area contributed by atoms with Crippen LogP contribution < -0.4 is 16.4 Å². The van der Waals surface area contributed by atoms with Crippen LogP contribution in [0.15, 0.2) is 78.9 Å². The maximum Gasteiger partial charge on any atom is 0.325 e. The van der Waals surface area contributed by atoms with E-state index in [9.17, 15) is 19.2 Å². The van der Waals surface area contributed by atoms with E-state index in [1.165, 1.54) is 24.3 Å². The van der Waals surface area contributed by atoms with Crippen molar-refractivity contribution in [2.45, 2.75) is 0 Å². The van der Waals surface area contributed by atoms with E-state index in [0.717, 1.165) is 11.1 Å². The van der Waals surface area contributed by atoms with Crippen molar-refractivity contribution in [1.82, 2.24) is 5.32 Å². The Morgan fingerprint density at radius 3 is 1.97 bits per heavy atom. The number of amides is 3. The van der Waals surface area contributed by atoms with E-state index in [4.69, 9.17) is 10.5 Å². The van der Waals surface area contributed by atoms with Crippen molar-refractivity contribution in [1.29, 1.82) is 0 Å². The van der Waals surface area contributed by atoms with Gasteiger partial charge in [0.15, 0.2) is 6.61 Å². The highest BCUT2D eigenvalue weighted by atomic mass is 16.5. The summed E-state index contributed by atoms with van der Waals surface area (Å²) < 4.78 is 4.86. The molecule has 3 aromatic carbocycles. The molecule has 0 aliphatic heterocycles. The monoisotopic (exact) mass is 431 g/mol. The van der Waals surface area contributed by atoms with Gasteiger partial charge in [-0.3, -0.25) is 19.2 Å². The highest BCUT2D eigenvalue weighted by Gasteiger charge is 2.11. The number of primary amides is 1. The average Bonchev–Trinajstić information content (AvgIpc) is 2.82. The van der Waals surface area contributed by atoms with Crippen LogP contribution in [0.3, 0.4) is 0 Å². The molecule has 4 N–H and O–H groups in total. The summed E-state index contributed by atoms with van der Waals surface area (Å²) in [5.41, 5.74) is 8.27. The number of rotatable bonds is 8. The Hall–Kier alpha value is -4.46. The first-order valence-corrected chi connectivity index (χ1v) is 9.71. The van der Waals surface area contributed by atoms with Gasteiger partial charge in [-0.05, 0) is 47.5 Å². The van der Waals surface area contributed by atoms with Gasteiger partial charge in [0.1, 0.15) is 6.54 Å². The third-order valence-electron chi connectivity index (χ3n) is 4.46. The van der Waals surface area contributed by atoms with Crippen molar-refractivity contribution in [3.05, 3.63) is 90.0 Å². The minimum Gasteiger partial charge on any atom is -0.454 e. The fraction of sp³-hybridized carbons (Fsp3) is 0.0833. The van der Waals surface area contributed by atoms with E-state index in [1.807, 2.05) is 42.5 Å². The van der Waals surface area contributed by atoms with Crippen LogP contribution >= 0.6 is 0 Å². The lowest BCUT2D eigenvalue weighted by Crippen LogP contribution is -2.32. The zero-order valence-electron chi connectivity index (χ0n) is 17.0. The second-order valence-electron chi connectivity index (χ2n) is 6.78. The Kier molecular flexibility index (Phi) is 7.32. The van der Waals surface area contributed by atoms with Gasteiger partial charge in [0.05, 0.1) is 0 Å². The van der Waals surface area contributed by atoms with Crippen LogP contribution in [0.25, 0.3) is 11.1 Å². The number of nitrogens with one attached hydrogen (secondary N) is 2. The molecule has 32 heavy (non-hydrogen) atoms. The van der Waals surface area contributed by atoms with Crippen LogP contribution in [0.4, 0.5) is 5.69 Å². The van der Waals surface area contributed by atoms with Crippen LogP contribution in [-0.2, 0) is 14.3 Å². The lowest BCUT2D eigenvalue weighted by molar-refractivity contribution is -0.146. The number of carbonyl (C=O) groups excluding carboxylic acids is 4. The second kappa shape index (κ2) is 10.5. The zero-order valence-corrected chi connectivity index (χ0v) is 17.0. The van der Waals surface area contributed by atoms with Crippen molar-refractivity contribution in [2.75, 3.05) is 18.5 Å². The van der Waals surface area contributed by atoms with Crippen LogP contribution in [0.2, 0.25) is 0 Å². The summed E-state index contributed by atoms with van der Waals surface area (Å²) in [7, 11) is 0. The summed E-state index contributed by atoms with van der Waals surface area (Å²) in [4.78, 5) is 47.0. The van der Waals surface area contributed by atoms with Crippen LogP contribution in [0.1, 0.15) is 20.7 Å². The van der Waals surface area contributed by atoms with Gasteiger partial charge in [0.25, 0.3) is 11.8 Å². The molecule has 0 bridgehead atoms. The molecule has 8 nitrogen and oxygen atoms in total. The molecule has 162 valence electrons. The smallest absolute Gasteiger partial charge is 0.325 e. The molecule has 0 fully saturated rings. The lowest BCUT2D eigenvalue weighted by atomic mass is 10.0. The number of anilines is 1. The summed E-state index contributed by atoms with van der Waals surface area (Å²) in [5, 5.41) is 4.98. The van der Waals surface area contributed by atoms with Crippen molar-refractivity contribution < 1.29 is 23.9 Å². The number of carbonyl (C=O) groups is 4. The molecule has 8 heteroatoms. The standard InChI is InChI=1S/C24H21N3O5/c25-23(30)18-10-12-20(13-11-18)27-21(28)15-32-22(29)14-26-24(31)19-8-6-17(7-9-19)16-4-2-1-3-5-16/h1-13H,14-15H2,(H2,25,30)(H,26,31)(H,27,28). The van der Waals surface area contributed by atoms with Gasteiger partial charge in [-0.1, -0.05) is 42.5 Å². The largest absolute Gasteiger partial charge is 0.454 e. The molecular formula is C24H21N3O5. The quantitative estimate of drug-likeness (QED) is 0.472. The molecule has 3 aromatic rings. The Labute approximate surface area is 184 Å². The summed E-state index contributed by atoms with van der Waals surface area (Å²) in [6.45, 7) is -0.891. The fourth-order valence-electron chi connectivity index (χ4n) is 2.81. The van der Waals surface area contributed by atoms with Crippen molar-refractivity contribution in [3.63, 3.8) is 0 Å². The molecular weight excluding hydrogens is 410 g/mol. The number of hydrogen-bond donors (Lipinski definition) is 3. The Morgan fingerprint density at radius 2 is 1.34 bits per heavy atom. The molecule has 0 aromatic heterocycles. The van der Waals surface area contributed by atoms with Gasteiger partial charge in [-0.15, -0.1) is 0 Å². The number of esters is 1. The lowest BCUT2D eigenvalue weighted by Gasteiger charge is -2.08. The Morgan fingerprint density at radius 1 is 0.750 bits per heavy atom. The van der Waals surface area contributed by atoms with Crippen LogP contribution in [0.5, 0.6) is 0 Å². The Balaban J connectivity index is 1.41. The number of benzene rings is 3. The molecule has 0 spiro atoms. The first kappa shape index (κ1) is 22.2. The maximum atomic E-state index is 12.2. The van der Waals surface area contributed by atoms with E-state index in [2.05, 4.69) is 10.6 Å². The first-order chi connectivity index (χ1) is 15.4. The minimum absolute atomic E-state index is 0.305. The van der Waals surface area contributed by atoms with E-state index in [1.54, 1.807) is 12.1 Å². The van der Waals surface area contributed by atoms with E-state index >= 15 is 0 Å². The fourth-order valence-corrected chi connectivity index (χ4v) is 2.81. The molecule has 0 heterocycles. The van der Waals surface area contributed by atoms with E-state index < -0.39 is 30.3 Å². The zero-order chi connectivity index (χ0) is 22.9. The third-order valence-corrected chi connectivity index (χ3v) is 4.46. The van der Waals surface area contributed by atoms with E-state index in [0.29, 0.717) is 16.8 Å². The summed E-state index contributed by atoms with van der Waals surface area (Å²) in [5.74, 6) is -2.32. The highest BCUT2D eigenvalue weighted by molar-refractivity contribution is 5.97. The van der Waals surface area contributed by atoms with Crippen molar-refractivity contribution in [2.24, 2.45) is 5.73 Å². The van der Waals surface area contributed by atoms with Gasteiger partial charge >= 0.3 is 5.97 Å². The van der Waals surface area contributed by atoms with Crippen LogP contribution in [-0.4, -0.2) is 36.8 Å². The number of nitrogens with two attached hydrogens (primary N) is 1. The summed E-state index contributed by atoms with van der Waals surface area (Å²) >= 11 is 0. The molecule has 0 saturated heterocycles. The number of hydrogen-bond acceptors (Lipinski definition) is 5. The molecule has 0 aliphatic carbocycles. The van der Waals surface area contributed by atoms with E-state index in [-0.39, 0.29) is 6.54 Å².